The lowest BCUT2D eigenvalue weighted by atomic mass is 9.87. The van der Waals surface area contributed by atoms with E-state index in [-0.39, 0.29) is 17.7 Å². The van der Waals surface area contributed by atoms with E-state index in [4.69, 9.17) is 0 Å². The number of nitrogens with one attached hydrogen (secondary N) is 1. The van der Waals surface area contributed by atoms with Gasteiger partial charge < -0.3 is 10.2 Å². The lowest BCUT2D eigenvalue weighted by Gasteiger charge is -2.35. The van der Waals surface area contributed by atoms with E-state index in [1.54, 1.807) is 0 Å². The first-order valence-corrected chi connectivity index (χ1v) is 10.7. The Bertz CT molecular complexity index is 669. The van der Waals surface area contributed by atoms with Gasteiger partial charge in [0.05, 0.1) is 0 Å². The van der Waals surface area contributed by atoms with E-state index in [0.29, 0.717) is 11.8 Å². The second-order valence-electron chi connectivity index (χ2n) is 8.62. The molecule has 1 aliphatic carbocycles. The van der Waals surface area contributed by atoms with Crippen molar-refractivity contribution in [3.63, 3.8) is 0 Å². The quantitative estimate of drug-likeness (QED) is 0.821. The van der Waals surface area contributed by atoms with Crippen molar-refractivity contribution in [2.24, 2.45) is 11.8 Å². The van der Waals surface area contributed by atoms with Crippen LogP contribution in [0, 0.1) is 18.8 Å². The highest BCUT2D eigenvalue weighted by Gasteiger charge is 2.31. The smallest absolute Gasteiger partial charge is 0.227 e. The van der Waals surface area contributed by atoms with Crippen molar-refractivity contribution in [2.45, 2.75) is 71.6 Å². The highest BCUT2D eigenvalue weighted by Crippen LogP contribution is 2.30. The highest BCUT2D eigenvalue weighted by atomic mass is 16.2. The fourth-order valence-corrected chi connectivity index (χ4v) is 4.54. The Labute approximate surface area is 163 Å². The molecule has 4 nitrogen and oxygen atoms in total. The van der Waals surface area contributed by atoms with Crippen LogP contribution in [0.25, 0.3) is 0 Å². The minimum absolute atomic E-state index is 0.0000224. The SMILES string of the molecule is Cc1cccc(C(C)C)c1NC(=O)C1CCN(C(=O)C2CCCCC2)CC1. The maximum Gasteiger partial charge on any atom is 0.227 e. The van der Waals surface area contributed by atoms with Gasteiger partial charge in [-0.2, -0.15) is 0 Å². The van der Waals surface area contributed by atoms with Crippen LogP contribution in [0.4, 0.5) is 5.69 Å². The molecule has 1 aromatic rings. The van der Waals surface area contributed by atoms with Gasteiger partial charge in [0.25, 0.3) is 0 Å². The Hall–Kier alpha value is -1.84. The van der Waals surface area contributed by atoms with Crippen molar-refractivity contribution in [1.29, 1.82) is 0 Å². The Morgan fingerprint density at radius 1 is 1.00 bits per heavy atom. The van der Waals surface area contributed by atoms with Crippen molar-refractivity contribution in [1.82, 2.24) is 4.90 Å². The Morgan fingerprint density at radius 2 is 1.67 bits per heavy atom. The van der Waals surface area contributed by atoms with E-state index in [1.807, 2.05) is 17.9 Å². The van der Waals surface area contributed by atoms with Crippen LogP contribution in [-0.2, 0) is 9.59 Å². The molecule has 2 amide bonds. The summed E-state index contributed by atoms with van der Waals surface area (Å²) in [7, 11) is 0. The summed E-state index contributed by atoms with van der Waals surface area (Å²) in [5.41, 5.74) is 3.27. The molecule has 1 saturated heterocycles. The van der Waals surface area contributed by atoms with Gasteiger partial charge in [-0.25, -0.2) is 0 Å². The van der Waals surface area contributed by atoms with E-state index in [0.717, 1.165) is 50.0 Å². The summed E-state index contributed by atoms with van der Waals surface area (Å²) in [6, 6.07) is 6.20. The van der Waals surface area contributed by atoms with E-state index in [1.165, 1.54) is 24.8 Å². The zero-order chi connectivity index (χ0) is 19.4. The Morgan fingerprint density at radius 3 is 2.30 bits per heavy atom. The number of piperidine rings is 1. The summed E-state index contributed by atoms with van der Waals surface area (Å²) in [6.07, 6.45) is 7.27. The monoisotopic (exact) mass is 370 g/mol. The van der Waals surface area contributed by atoms with Crippen LogP contribution in [0.15, 0.2) is 18.2 Å². The number of nitrogens with zero attached hydrogens (tertiary/aromatic N) is 1. The van der Waals surface area contributed by atoms with Gasteiger partial charge >= 0.3 is 0 Å². The van der Waals surface area contributed by atoms with Gasteiger partial charge in [-0.15, -0.1) is 0 Å². The lowest BCUT2D eigenvalue weighted by Crippen LogP contribution is -2.44. The first-order valence-electron chi connectivity index (χ1n) is 10.7. The second kappa shape index (κ2) is 8.90. The van der Waals surface area contributed by atoms with E-state index >= 15 is 0 Å². The molecule has 4 heteroatoms. The van der Waals surface area contributed by atoms with Gasteiger partial charge in [0.1, 0.15) is 0 Å². The summed E-state index contributed by atoms with van der Waals surface area (Å²) in [5.74, 6) is 1.03. The van der Waals surface area contributed by atoms with Crippen LogP contribution in [0.3, 0.4) is 0 Å². The Kier molecular flexibility index (Phi) is 6.56. The number of para-hydroxylation sites is 1. The summed E-state index contributed by atoms with van der Waals surface area (Å²) in [5, 5.41) is 3.19. The summed E-state index contributed by atoms with van der Waals surface area (Å²) in [6.45, 7) is 7.79. The van der Waals surface area contributed by atoms with Crippen molar-refractivity contribution >= 4 is 17.5 Å². The number of rotatable bonds is 4. The molecule has 1 aromatic carbocycles. The van der Waals surface area contributed by atoms with Crippen LogP contribution in [-0.4, -0.2) is 29.8 Å². The maximum atomic E-state index is 12.9. The largest absolute Gasteiger partial charge is 0.342 e. The topological polar surface area (TPSA) is 49.4 Å². The number of aryl methyl sites for hydroxylation is 1. The van der Waals surface area contributed by atoms with Gasteiger partial charge in [0.15, 0.2) is 0 Å². The molecule has 2 fully saturated rings. The molecule has 3 rings (SSSR count). The number of hydrogen-bond acceptors (Lipinski definition) is 2. The van der Waals surface area contributed by atoms with E-state index in [2.05, 4.69) is 31.3 Å². The molecular weight excluding hydrogens is 336 g/mol. The minimum Gasteiger partial charge on any atom is -0.342 e. The number of carbonyl (C=O) groups excluding carboxylic acids is 2. The zero-order valence-corrected chi connectivity index (χ0v) is 17.1. The van der Waals surface area contributed by atoms with Crippen molar-refractivity contribution < 1.29 is 9.59 Å². The minimum atomic E-state index is 0.0000224. The summed E-state index contributed by atoms with van der Waals surface area (Å²) < 4.78 is 0. The van der Waals surface area contributed by atoms with Crippen LogP contribution in [0.2, 0.25) is 0 Å². The molecule has 27 heavy (non-hydrogen) atoms. The van der Waals surface area contributed by atoms with Gasteiger partial charge in [0.2, 0.25) is 11.8 Å². The van der Waals surface area contributed by atoms with Crippen LogP contribution >= 0.6 is 0 Å². The molecule has 1 saturated carbocycles. The number of carbonyl (C=O) groups is 2. The average Bonchev–Trinajstić information content (AvgIpc) is 2.69. The molecular formula is C23H34N2O2. The zero-order valence-electron chi connectivity index (χ0n) is 17.1. The number of benzene rings is 1. The van der Waals surface area contributed by atoms with Crippen molar-refractivity contribution in [3.05, 3.63) is 29.3 Å². The fourth-order valence-electron chi connectivity index (χ4n) is 4.54. The summed E-state index contributed by atoms with van der Waals surface area (Å²) >= 11 is 0. The molecule has 0 radical (unpaired) electrons. The molecule has 2 aliphatic rings. The first kappa shape index (κ1) is 19.9. The van der Waals surface area contributed by atoms with Crippen LogP contribution in [0.5, 0.6) is 0 Å². The molecule has 148 valence electrons. The van der Waals surface area contributed by atoms with Crippen molar-refractivity contribution in [3.8, 4) is 0 Å². The lowest BCUT2D eigenvalue weighted by molar-refractivity contribution is -0.139. The maximum absolute atomic E-state index is 12.9. The van der Waals surface area contributed by atoms with Gasteiger partial charge in [-0.05, 0) is 49.7 Å². The van der Waals surface area contributed by atoms with Crippen LogP contribution < -0.4 is 5.32 Å². The predicted molar refractivity (Wildman–Crippen MR) is 110 cm³/mol. The number of amides is 2. The number of likely N-dealkylation sites (tertiary alicyclic amines) is 1. The van der Waals surface area contributed by atoms with E-state index < -0.39 is 0 Å². The molecule has 0 spiro atoms. The number of hydrogen-bond donors (Lipinski definition) is 1. The molecule has 0 aromatic heterocycles. The van der Waals surface area contributed by atoms with Crippen LogP contribution in [0.1, 0.15) is 75.8 Å². The number of anilines is 1. The van der Waals surface area contributed by atoms with Gasteiger partial charge in [0, 0.05) is 30.6 Å². The molecule has 1 aliphatic heterocycles. The van der Waals surface area contributed by atoms with Gasteiger partial charge in [-0.3, -0.25) is 9.59 Å². The molecule has 1 N–H and O–H groups in total. The Balaban J connectivity index is 1.57. The first-order chi connectivity index (χ1) is 13.0. The second-order valence-corrected chi connectivity index (χ2v) is 8.62. The third kappa shape index (κ3) is 4.72. The third-order valence-electron chi connectivity index (χ3n) is 6.31. The predicted octanol–water partition coefficient (Wildman–Crippen LogP) is 4.88. The fraction of sp³-hybridized carbons (Fsp3) is 0.652. The van der Waals surface area contributed by atoms with E-state index in [9.17, 15) is 9.59 Å². The third-order valence-corrected chi connectivity index (χ3v) is 6.31. The normalized spacial score (nSPS) is 19.3. The molecule has 0 atom stereocenters. The average molecular weight is 371 g/mol. The highest BCUT2D eigenvalue weighted by molar-refractivity contribution is 5.94. The molecule has 1 heterocycles. The van der Waals surface area contributed by atoms with Gasteiger partial charge in [-0.1, -0.05) is 51.3 Å². The standard InChI is InChI=1S/C23H34N2O2/c1-16(2)20-11-7-8-17(3)21(20)24-22(26)18-12-14-25(15-13-18)23(27)19-9-5-4-6-10-19/h7-8,11,16,18-19H,4-6,9-10,12-15H2,1-3H3,(H,24,26). The summed E-state index contributed by atoms with van der Waals surface area (Å²) in [4.78, 5) is 27.6. The molecule has 0 bridgehead atoms. The van der Waals surface area contributed by atoms with Crippen molar-refractivity contribution in [2.75, 3.05) is 18.4 Å². The molecule has 0 unspecified atom stereocenters.